The minimum absolute atomic E-state index is 0.335. The number of aromatic amines is 1. The lowest BCUT2D eigenvalue weighted by Gasteiger charge is -2.13. The van der Waals surface area contributed by atoms with Crippen LogP contribution in [0.1, 0.15) is 28.3 Å². The quantitative estimate of drug-likeness (QED) is 0.794. The van der Waals surface area contributed by atoms with Crippen molar-refractivity contribution in [3.63, 3.8) is 0 Å². The molecule has 0 aromatic carbocycles. The van der Waals surface area contributed by atoms with Crippen molar-refractivity contribution in [2.24, 2.45) is 0 Å². The van der Waals surface area contributed by atoms with Gasteiger partial charge in [0.25, 0.3) is 5.56 Å². The molecule has 124 valence electrons. The van der Waals surface area contributed by atoms with Crippen LogP contribution in [0.15, 0.2) is 29.2 Å². The Morgan fingerprint density at radius 1 is 1.35 bits per heavy atom. The molecule has 0 radical (unpaired) electrons. The van der Waals surface area contributed by atoms with Crippen molar-refractivity contribution in [1.29, 1.82) is 0 Å². The first kappa shape index (κ1) is 17.1. The summed E-state index contributed by atoms with van der Waals surface area (Å²) in [7, 11) is 0. The van der Waals surface area contributed by atoms with E-state index in [1.807, 2.05) is 24.0 Å². The number of alkyl halides is 3. The second-order valence-corrected chi connectivity index (χ2v) is 6.22. The lowest BCUT2D eigenvalue weighted by molar-refractivity contribution is -0.137. The molecule has 23 heavy (non-hydrogen) atoms. The number of rotatable bonds is 3. The minimum Gasteiger partial charge on any atom is -0.331 e. The van der Waals surface area contributed by atoms with Gasteiger partial charge in [0.15, 0.2) is 0 Å². The summed E-state index contributed by atoms with van der Waals surface area (Å²) in [5, 5.41) is 4.71. The second-order valence-electron chi connectivity index (χ2n) is 4.90. The molecule has 2 aromatic heterocycles. The molecule has 0 aliphatic rings. The molecule has 2 heterocycles. The molecule has 0 saturated carbocycles. The predicted molar refractivity (Wildman–Crippen MR) is 81.7 cm³/mol. The van der Waals surface area contributed by atoms with E-state index in [0.29, 0.717) is 12.3 Å². The Morgan fingerprint density at radius 2 is 2.04 bits per heavy atom. The van der Waals surface area contributed by atoms with E-state index in [1.54, 1.807) is 6.92 Å². The summed E-state index contributed by atoms with van der Waals surface area (Å²) in [6.45, 7) is 3.66. The molecule has 2 aromatic rings. The van der Waals surface area contributed by atoms with Crippen molar-refractivity contribution in [3.05, 3.63) is 50.1 Å². The number of halogens is 3. The number of H-pyrrole nitrogens is 1. The third kappa shape index (κ3) is 4.35. The van der Waals surface area contributed by atoms with Crippen molar-refractivity contribution >= 4 is 23.1 Å². The van der Waals surface area contributed by atoms with E-state index in [2.05, 4.69) is 10.6 Å². The van der Waals surface area contributed by atoms with E-state index in [-0.39, 0.29) is 6.04 Å². The molecule has 0 aliphatic carbocycles. The highest BCUT2D eigenvalue weighted by molar-refractivity contribution is 7.12. The summed E-state index contributed by atoms with van der Waals surface area (Å²) < 4.78 is 37.9. The van der Waals surface area contributed by atoms with E-state index < -0.39 is 29.0 Å². The first-order valence-electron chi connectivity index (χ1n) is 6.60. The fourth-order valence-electron chi connectivity index (χ4n) is 1.85. The van der Waals surface area contributed by atoms with Crippen LogP contribution in [0, 0.1) is 6.92 Å². The van der Waals surface area contributed by atoms with Gasteiger partial charge in [-0.1, -0.05) is 0 Å². The van der Waals surface area contributed by atoms with Crippen LogP contribution in [0.25, 0.3) is 0 Å². The zero-order valence-corrected chi connectivity index (χ0v) is 13.1. The van der Waals surface area contributed by atoms with Gasteiger partial charge < -0.3 is 15.6 Å². The Bertz CT molecular complexity index is 767. The molecule has 0 fully saturated rings. The number of aryl methyl sites for hydroxylation is 1. The second kappa shape index (κ2) is 6.45. The molecule has 0 unspecified atom stereocenters. The average Bonchev–Trinajstić information content (AvgIpc) is 2.86. The normalized spacial score (nSPS) is 12.7. The number of anilines is 1. The number of carbonyl (C=O) groups excluding carboxylic acids is 1. The van der Waals surface area contributed by atoms with Crippen LogP contribution in [0.5, 0.6) is 0 Å². The van der Waals surface area contributed by atoms with Gasteiger partial charge in [-0.05, 0) is 32.0 Å². The SMILES string of the molecule is Cc1ccc([C@@H](C)NC(=O)Nc2cc(C(F)(F)F)c[nH]c2=O)s1. The Labute approximate surface area is 133 Å². The van der Waals surface area contributed by atoms with Crippen LogP contribution in [-0.2, 0) is 6.18 Å². The van der Waals surface area contributed by atoms with Gasteiger partial charge in [-0.2, -0.15) is 13.2 Å². The highest BCUT2D eigenvalue weighted by atomic mass is 32.1. The lowest BCUT2D eigenvalue weighted by Crippen LogP contribution is -2.33. The van der Waals surface area contributed by atoms with Crippen molar-refractivity contribution < 1.29 is 18.0 Å². The first-order chi connectivity index (χ1) is 10.7. The molecule has 0 bridgehead atoms. The third-order valence-corrected chi connectivity index (χ3v) is 4.20. The largest absolute Gasteiger partial charge is 0.417 e. The number of aromatic nitrogens is 1. The molecule has 2 rings (SSSR count). The molecule has 9 heteroatoms. The van der Waals surface area contributed by atoms with Gasteiger partial charge in [0.05, 0.1) is 11.6 Å². The molecular formula is C14H14F3N3O2S. The molecular weight excluding hydrogens is 331 g/mol. The maximum atomic E-state index is 12.6. The van der Waals surface area contributed by atoms with E-state index in [9.17, 15) is 22.8 Å². The lowest BCUT2D eigenvalue weighted by atomic mass is 10.2. The smallest absolute Gasteiger partial charge is 0.331 e. The topological polar surface area (TPSA) is 74.0 Å². The van der Waals surface area contributed by atoms with E-state index in [4.69, 9.17) is 0 Å². The molecule has 0 spiro atoms. The number of hydrogen-bond acceptors (Lipinski definition) is 3. The van der Waals surface area contributed by atoms with Gasteiger partial charge >= 0.3 is 12.2 Å². The van der Waals surface area contributed by atoms with E-state index >= 15 is 0 Å². The zero-order valence-electron chi connectivity index (χ0n) is 12.2. The number of hydrogen-bond donors (Lipinski definition) is 3. The minimum atomic E-state index is -4.61. The highest BCUT2D eigenvalue weighted by Gasteiger charge is 2.31. The maximum Gasteiger partial charge on any atom is 0.417 e. The molecule has 5 nitrogen and oxygen atoms in total. The standard InChI is InChI=1S/C14H14F3N3O2S/c1-7-3-4-11(23-7)8(2)19-13(22)20-10-5-9(14(15,16)17)6-18-12(10)21/h3-6,8H,1-2H3,(H,18,21)(H2,19,20,22)/t8-/m1/s1. The van der Waals surface area contributed by atoms with Crippen LogP contribution in [0.2, 0.25) is 0 Å². The summed E-state index contributed by atoms with van der Waals surface area (Å²) in [6, 6.07) is 3.25. The number of thiophene rings is 1. The molecule has 0 saturated heterocycles. The van der Waals surface area contributed by atoms with Crippen molar-refractivity contribution in [2.45, 2.75) is 26.1 Å². The first-order valence-corrected chi connectivity index (χ1v) is 7.42. The summed E-state index contributed by atoms with van der Waals surface area (Å²) >= 11 is 1.49. The summed E-state index contributed by atoms with van der Waals surface area (Å²) in [6.07, 6.45) is -4.05. The molecule has 1 atom stereocenters. The Kier molecular flexibility index (Phi) is 4.79. The van der Waals surface area contributed by atoms with Gasteiger partial charge in [0, 0.05) is 16.0 Å². The van der Waals surface area contributed by atoms with E-state index in [0.717, 1.165) is 9.75 Å². The number of nitrogens with one attached hydrogen (secondary N) is 3. The molecule has 3 N–H and O–H groups in total. The van der Waals surface area contributed by atoms with Gasteiger partial charge in [-0.25, -0.2) is 4.79 Å². The van der Waals surface area contributed by atoms with Crippen molar-refractivity contribution in [1.82, 2.24) is 10.3 Å². The van der Waals surface area contributed by atoms with Gasteiger partial charge in [0.1, 0.15) is 5.69 Å². The van der Waals surface area contributed by atoms with Crippen LogP contribution in [0.3, 0.4) is 0 Å². The van der Waals surface area contributed by atoms with Crippen LogP contribution in [-0.4, -0.2) is 11.0 Å². The number of urea groups is 1. The Morgan fingerprint density at radius 3 is 2.61 bits per heavy atom. The van der Waals surface area contributed by atoms with Crippen LogP contribution < -0.4 is 16.2 Å². The van der Waals surface area contributed by atoms with Crippen molar-refractivity contribution in [2.75, 3.05) is 5.32 Å². The third-order valence-electron chi connectivity index (χ3n) is 3.01. The summed E-state index contributed by atoms with van der Waals surface area (Å²) in [5.41, 5.74) is -2.33. The Balaban J connectivity index is 2.09. The number of amides is 2. The van der Waals surface area contributed by atoms with Crippen molar-refractivity contribution in [3.8, 4) is 0 Å². The predicted octanol–water partition coefficient (Wildman–Crippen LogP) is 3.65. The van der Waals surface area contributed by atoms with Gasteiger partial charge in [-0.3, -0.25) is 4.79 Å². The zero-order chi connectivity index (χ0) is 17.2. The fraction of sp³-hybridized carbons (Fsp3) is 0.286. The summed E-state index contributed by atoms with van der Waals surface area (Å²) in [4.78, 5) is 27.3. The number of carbonyl (C=O) groups is 1. The Hall–Kier alpha value is -2.29. The maximum absolute atomic E-state index is 12.6. The highest BCUT2D eigenvalue weighted by Crippen LogP contribution is 2.29. The van der Waals surface area contributed by atoms with E-state index in [1.165, 1.54) is 11.3 Å². The van der Waals surface area contributed by atoms with Crippen LogP contribution in [0.4, 0.5) is 23.7 Å². The van der Waals surface area contributed by atoms with Gasteiger partial charge in [0.2, 0.25) is 0 Å². The average molecular weight is 345 g/mol. The molecule has 2 amide bonds. The number of pyridine rings is 1. The monoisotopic (exact) mass is 345 g/mol. The van der Waals surface area contributed by atoms with Gasteiger partial charge in [-0.15, -0.1) is 11.3 Å². The summed E-state index contributed by atoms with van der Waals surface area (Å²) in [5.74, 6) is 0. The van der Waals surface area contributed by atoms with Crippen LogP contribution >= 0.6 is 11.3 Å². The molecule has 0 aliphatic heterocycles. The fourth-order valence-corrected chi connectivity index (χ4v) is 2.73.